The van der Waals surface area contributed by atoms with E-state index in [4.69, 9.17) is 5.73 Å². The number of hydrogen-bond acceptors (Lipinski definition) is 2. The minimum absolute atomic E-state index is 0.0305. The Balaban J connectivity index is 2.88. The lowest BCUT2D eigenvalue weighted by atomic mass is 9.60. The first-order valence-corrected chi connectivity index (χ1v) is 7.40. The van der Waals surface area contributed by atoms with Crippen LogP contribution in [0.2, 0.25) is 0 Å². The van der Waals surface area contributed by atoms with Crippen LogP contribution in [0.3, 0.4) is 0 Å². The lowest BCUT2D eigenvalue weighted by Crippen LogP contribution is -2.52. The van der Waals surface area contributed by atoms with Crippen molar-refractivity contribution in [3.05, 3.63) is 12.2 Å². The van der Waals surface area contributed by atoms with E-state index >= 15 is 0 Å². The van der Waals surface area contributed by atoms with Crippen LogP contribution in [-0.2, 0) is 4.79 Å². The summed E-state index contributed by atoms with van der Waals surface area (Å²) in [6.07, 6.45) is 1.86. The van der Waals surface area contributed by atoms with Gasteiger partial charge >= 0.3 is 0 Å². The first-order chi connectivity index (χ1) is 8.71. The number of nitrogens with zero attached hydrogens (tertiary/aromatic N) is 1. The summed E-state index contributed by atoms with van der Waals surface area (Å²) in [5.74, 6) is 0.731. The highest BCUT2D eigenvalue weighted by molar-refractivity contribution is 5.80. The highest BCUT2D eigenvalue weighted by Crippen LogP contribution is 2.45. The number of carbonyl (C=O) groups excluding carboxylic acids is 1. The molecule has 1 fully saturated rings. The van der Waals surface area contributed by atoms with Gasteiger partial charge in [-0.1, -0.05) is 32.9 Å². The topological polar surface area (TPSA) is 46.3 Å². The standard InChI is InChI=1S/C16H30N2O/c1-7-18(10-11(2)3)15(19)13-8-9-14(17)12(4)16(13,5)6/h12-14H,2,7-10,17H2,1,3-6H3. The van der Waals surface area contributed by atoms with E-state index in [0.717, 1.165) is 25.0 Å². The van der Waals surface area contributed by atoms with Crippen molar-refractivity contribution in [2.45, 2.75) is 53.5 Å². The monoisotopic (exact) mass is 266 g/mol. The van der Waals surface area contributed by atoms with Gasteiger partial charge in [-0.05, 0) is 38.0 Å². The molecule has 19 heavy (non-hydrogen) atoms. The van der Waals surface area contributed by atoms with Crippen LogP contribution in [-0.4, -0.2) is 29.9 Å². The highest BCUT2D eigenvalue weighted by atomic mass is 16.2. The summed E-state index contributed by atoms with van der Waals surface area (Å²) >= 11 is 0. The summed E-state index contributed by atoms with van der Waals surface area (Å²) in [6, 6.07) is 0.218. The van der Waals surface area contributed by atoms with Crippen molar-refractivity contribution in [2.75, 3.05) is 13.1 Å². The smallest absolute Gasteiger partial charge is 0.226 e. The molecule has 1 aliphatic carbocycles. The van der Waals surface area contributed by atoms with Crippen LogP contribution in [0.1, 0.15) is 47.5 Å². The lowest BCUT2D eigenvalue weighted by Gasteiger charge is -2.47. The molecule has 110 valence electrons. The zero-order valence-corrected chi connectivity index (χ0v) is 13.2. The molecule has 3 heteroatoms. The van der Waals surface area contributed by atoms with Crippen LogP contribution in [0.25, 0.3) is 0 Å². The van der Waals surface area contributed by atoms with E-state index in [1.54, 1.807) is 0 Å². The molecule has 1 saturated carbocycles. The minimum atomic E-state index is -0.0305. The fourth-order valence-electron chi connectivity index (χ4n) is 3.18. The molecule has 0 radical (unpaired) electrons. The number of rotatable bonds is 4. The van der Waals surface area contributed by atoms with Crippen molar-refractivity contribution >= 4 is 5.91 Å². The predicted molar refractivity (Wildman–Crippen MR) is 80.7 cm³/mol. The number of hydrogen-bond donors (Lipinski definition) is 1. The lowest BCUT2D eigenvalue weighted by molar-refractivity contribution is -0.142. The third-order valence-corrected chi connectivity index (χ3v) is 4.95. The van der Waals surface area contributed by atoms with Crippen molar-refractivity contribution in [1.82, 2.24) is 4.90 Å². The normalized spacial score (nSPS) is 29.9. The summed E-state index contributed by atoms with van der Waals surface area (Å²) in [5.41, 5.74) is 7.17. The average Bonchev–Trinajstić information content (AvgIpc) is 2.32. The largest absolute Gasteiger partial charge is 0.339 e. The summed E-state index contributed by atoms with van der Waals surface area (Å²) in [7, 11) is 0. The van der Waals surface area contributed by atoms with E-state index in [0.29, 0.717) is 12.5 Å². The summed E-state index contributed by atoms with van der Waals surface area (Å²) < 4.78 is 0. The van der Waals surface area contributed by atoms with E-state index in [2.05, 4.69) is 27.4 Å². The van der Waals surface area contributed by atoms with Crippen molar-refractivity contribution in [1.29, 1.82) is 0 Å². The SMILES string of the molecule is C=C(C)CN(CC)C(=O)C1CCC(N)C(C)C1(C)C. The fraction of sp³-hybridized carbons (Fsp3) is 0.812. The number of likely N-dealkylation sites (N-methyl/N-ethyl adjacent to an activating group) is 1. The van der Waals surface area contributed by atoms with Gasteiger partial charge in [0, 0.05) is 25.0 Å². The molecular weight excluding hydrogens is 236 g/mol. The maximum Gasteiger partial charge on any atom is 0.226 e. The molecule has 3 unspecified atom stereocenters. The molecule has 1 amide bonds. The van der Waals surface area contributed by atoms with Gasteiger partial charge in [0.2, 0.25) is 5.91 Å². The third-order valence-electron chi connectivity index (χ3n) is 4.95. The molecule has 0 heterocycles. The third kappa shape index (κ3) is 3.38. The van der Waals surface area contributed by atoms with Gasteiger partial charge in [-0.25, -0.2) is 0 Å². The Labute approximate surface area is 118 Å². The maximum atomic E-state index is 12.8. The second kappa shape index (κ2) is 6.08. The van der Waals surface area contributed by atoms with Crippen LogP contribution in [0, 0.1) is 17.3 Å². The first-order valence-electron chi connectivity index (χ1n) is 7.40. The Morgan fingerprint density at radius 3 is 2.47 bits per heavy atom. The van der Waals surface area contributed by atoms with E-state index in [1.807, 2.05) is 18.7 Å². The van der Waals surface area contributed by atoms with Crippen molar-refractivity contribution in [2.24, 2.45) is 23.0 Å². The van der Waals surface area contributed by atoms with Gasteiger partial charge in [0.15, 0.2) is 0 Å². The zero-order chi connectivity index (χ0) is 14.8. The molecule has 0 bridgehead atoms. The quantitative estimate of drug-likeness (QED) is 0.795. The maximum absolute atomic E-state index is 12.8. The van der Waals surface area contributed by atoms with Crippen molar-refractivity contribution < 1.29 is 4.79 Å². The van der Waals surface area contributed by atoms with E-state index in [1.165, 1.54) is 0 Å². The summed E-state index contributed by atoms with van der Waals surface area (Å²) in [6.45, 7) is 15.9. The molecule has 0 aromatic heterocycles. The second-order valence-electron chi connectivity index (χ2n) is 6.71. The predicted octanol–water partition coefficient (Wildman–Crippen LogP) is 2.81. The molecule has 3 nitrogen and oxygen atoms in total. The molecule has 0 aromatic rings. The summed E-state index contributed by atoms with van der Waals surface area (Å²) in [5, 5.41) is 0. The van der Waals surface area contributed by atoms with Gasteiger partial charge in [-0.2, -0.15) is 0 Å². The fourth-order valence-corrected chi connectivity index (χ4v) is 3.18. The Kier molecular flexibility index (Phi) is 5.19. The van der Waals surface area contributed by atoms with Gasteiger partial charge in [0.05, 0.1) is 0 Å². The molecule has 1 rings (SSSR count). The molecule has 0 saturated heterocycles. The Morgan fingerprint density at radius 2 is 2.00 bits per heavy atom. The van der Waals surface area contributed by atoms with Gasteiger partial charge in [-0.3, -0.25) is 4.79 Å². The second-order valence-corrected chi connectivity index (χ2v) is 6.71. The minimum Gasteiger partial charge on any atom is -0.339 e. The molecular formula is C16H30N2O. The van der Waals surface area contributed by atoms with E-state index < -0.39 is 0 Å². The van der Waals surface area contributed by atoms with E-state index in [-0.39, 0.29) is 23.3 Å². The van der Waals surface area contributed by atoms with E-state index in [9.17, 15) is 4.79 Å². The van der Waals surface area contributed by atoms with Crippen LogP contribution < -0.4 is 5.73 Å². The van der Waals surface area contributed by atoms with Crippen LogP contribution >= 0.6 is 0 Å². The molecule has 0 spiro atoms. The summed E-state index contributed by atoms with van der Waals surface area (Å²) in [4.78, 5) is 14.7. The number of nitrogens with two attached hydrogens (primary N) is 1. The molecule has 0 aliphatic heterocycles. The molecule has 2 N–H and O–H groups in total. The van der Waals surface area contributed by atoms with Crippen molar-refractivity contribution in [3.63, 3.8) is 0 Å². The van der Waals surface area contributed by atoms with Crippen molar-refractivity contribution in [3.8, 4) is 0 Å². The van der Waals surface area contributed by atoms with Gasteiger partial charge in [0.1, 0.15) is 0 Å². The van der Waals surface area contributed by atoms with Crippen LogP contribution in [0.15, 0.2) is 12.2 Å². The zero-order valence-electron chi connectivity index (χ0n) is 13.2. The van der Waals surface area contributed by atoms with Gasteiger partial charge in [-0.15, -0.1) is 0 Å². The Morgan fingerprint density at radius 1 is 1.42 bits per heavy atom. The van der Waals surface area contributed by atoms with Gasteiger partial charge < -0.3 is 10.6 Å². The average molecular weight is 266 g/mol. The highest BCUT2D eigenvalue weighted by Gasteiger charge is 2.45. The van der Waals surface area contributed by atoms with Crippen LogP contribution in [0.4, 0.5) is 0 Å². The Hall–Kier alpha value is -0.830. The Bertz CT molecular complexity index is 349. The van der Waals surface area contributed by atoms with Crippen LogP contribution in [0.5, 0.6) is 0 Å². The van der Waals surface area contributed by atoms with Gasteiger partial charge in [0.25, 0.3) is 0 Å². The molecule has 1 aliphatic rings. The number of amides is 1. The first kappa shape index (κ1) is 16.2. The molecule has 3 atom stereocenters. The molecule has 0 aromatic carbocycles. The number of carbonyl (C=O) groups is 1.